The highest BCUT2D eigenvalue weighted by atomic mass is 32.1. The van der Waals surface area contributed by atoms with Gasteiger partial charge >= 0.3 is 0 Å². The van der Waals surface area contributed by atoms with E-state index in [1.54, 1.807) is 30.5 Å². The molecule has 0 aliphatic heterocycles. The number of rotatable bonds is 1. The van der Waals surface area contributed by atoms with Gasteiger partial charge in [-0.05, 0) is 41.9 Å². The van der Waals surface area contributed by atoms with E-state index in [1.807, 2.05) is 6.07 Å². The molecule has 0 radical (unpaired) electrons. The molecule has 17 heavy (non-hydrogen) atoms. The normalized spacial score (nSPS) is 10.8. The smallest absolute Gasteiger partial charge is 0.274 e. The second kappa shape index (κ2) is 3.71. The van der Waals surface area contributed by atoms with Crippen molar-refractivity contribution in [3.05, 3.63) is 52.9 Å². The molecule has 0 unspecified atom stereocenters. The van der Waals surface area contributed by atoms with Crippen LogP contribution in [0.5, 0.6) is 5.75 Å². The fourth-order valence-electron chi connectivity index (χ4n) is 1.64. The van der Waals surface area contributed by atoms with E-state index in [0.29, 0.717) is 11.2 Å². The maximum absolute atomic E-state index is 12.1. The van der Waals surface area contributed by atoms with Gasteiger partial charge in [0.1, 0.15) is 11.6 Å². The first-order valence-electron chi connectivity index (χ1n) is 5.02. The Morgan fingerprint density at radius 2 is 2.12 bits per heavy atom. The fraction of sp³-hybridized carbons (Fsp3) is 0. The Labute approximate surface area is 101 Å². The topological polar surface area (TPSA) is 55.1 Å². The lowest BCUT2D eigenvalue weighted by Crippen LogP contribution is -2.11. The van der Waals surface area contributed by atoms with Crippen molar-refractivity contribution in [2.24, 2.45) is 0 Å². The van der Waals surface area contributed by atoms with Gasteiger partial charge in [-0.3, -0.25) is 4.79 Å². The molecule has 0 spiro atoms. The molecule has 0 aliphatic carbocycles. The van der Waals surface area contributed by atoms with Crippen molar-refractivity contribution in [1.29, 1.82) is 0 Å². The lowest BCUT2D eigenvalue weighted by atomic mass is 10.2. The van der Waals surface area contributed by atoms with E-state index in [4.69, 9.17) is 0 Å². The van der Waals surface area contributed by atoms with E-state index >= 15 is 0 Å². The first-order valence-corrected chi connectivity index (χ1v) is 5.79. The number of hydrogen-bond acceptors (Lipinski definition) is 4. The summed E-state index contributed by atoms with van der Waals surface area (Å²) in [5.74, 6) is 0.693. The lowest BCUT2D eigenvalue weighted by molar-refractivity contribution is 0.476. The van der Waals surface area contributed by atoms with Gasteiger partial charge in [0.2, 0.25) is 0 Å². The van der Waals surface area contributed by atoms with Gasteiger partial charge in [-0.1, -0.05) is 6.07 Å². The summed E-state index contributed by atoms with van der Waals surface area (Å²) in [7, 11) is 0. The molecule has 2 aromatic heterocycles. The summed E-state index contributed by atoms with van der Waals surface area (Å²) in [5.41, 5.74) is -0.153. The van der Waals surface area contributed by atoms with Crippen LogP contribution in [0, 0.1) is 0 Å². The fourth-order valence-corrected chi connectivity index (χ4v) is 2.59. The summed E-state index contributed by atoms with van der Waals surface area (Å²) in [5, 5.41) is 9.89. The number of phenolic OH excluding ortho intramolecular Hbond substituents is 1. The van der Waals surface area contributed by atoms with Crippen molar-refractivity contribution in [2.75, 3.05) is 0 Å². The SMILES string of the molecule is O=c1c2cc(O)ccc2sn1-c1ccccn1. The van der Waals surface area contributed by atoms with E-state index in [0.717, 1.165) is 4.70 Å². The summed E-state index contributed by atoms with van der Waals surface area (Å²) in [4.78, 5) is 16.2. The van der Waals surface area contributed by atoms with Crippen LogP contribution in [0.4, 0.5) is 0 Å². The molecule has 1 aromatic carbocycles. The minimum absolute atomic E-state index is 0.0978. The van der Waals surface area contributed by atoms with Gasteiger partial charge < -0.3 is 5.11 Å². The zero-order valence-electron chi connectivity index (χ0n) is 8.70. The first-order chi connectivity index (χ1) is 8.25. The molecule has 4 nitrogen and oxygen atoms in total. The number of phenols is 1. The summed E-state index contributed by atoms with van der Waals surface area (Å²) in [6.07, 6.45) is 1.64. The first kappa shape index (κ1) is 10.0. The lowest BCUT2D eigenvalue weighted by Gasteiger charge is -1.96. The van der Waals surface area contributed by atoms with Gasteiger partial charge in [0.15, 0.2) is 0 Å². The number of hydrogen-bond donors (Lipinski definition) is 1. The minimum atomic E-state index is -0.153. The third-order valence-electron chi connectivity index (χ3n) is 2.43. The van der Waals surface area contributed by atoms with Crippen LogP contribution in [-0.4, -0.2) is 14.0 Å². The zero-order valence-corrected chi connectivity index (χ0v) is 9.52. The number of fused-ring (bicyclic) bond motifs is 1. The van der Waals surface area contributed by atoms with Crippen molar-refractivity contribution < 1.29 is 5.11 Å². The quantitative estimate of drug-likeness (QED) is 0.713. The molecule has 0 amide bonds. The average Bonchev–Trinajstić information content (AvgIpc) is 2.68. The number of benzene rings is 1. The van der Waals surface area contributed by atoms with Crippen LogP contribution in [0.1, 0.15) is 0 Å². The Kier molecular flexibility index (Phi) is 2.19. The third kappa shape index (κ3) is 1.60. The van der Waals surface area contributed by atoms with Crippen LogP contribution in [0.25, 0.3) is 15.9 Å². The molecular formula is C12H8N2O2S. The van der Waals surface area contributed by atoms with Gasteiger partial charge in [0, 0.05) is 6.20 Å². The van der Waals surface area contributed by atoms with Crippen LogP contribution in [0.3, 0.4) is 0 Å². The molecule has 3 aromatic rings. The van der Waals surface area contributed by atoms with Crippen LogP contribution in [-0.2, 0) is 0 Å². The van der Waals surface area contributed by atoms with Crippen LogP contribution in [0.2, 0.25) is 0 Å². The zero-order chi connectivity index (χ0) is 11.8. The van der Waals surface area contributed by atoms with Crippen LogP contribution < -0.4 is 5.56 Å². The number of nitrogens with zero attached hydrogens (tertiary/aromatic N) is 2. The van der Waals surface area contributed by atoms with E-state index in [-0.39, 0.29) is 11.3 Å². The Morgan fingerprint density at radius 3 is 2.88 bits per heavy atom. The standard InChI is InChI=1S/C12H8N2O2S/c15-8-4-5-10-9(7-8)12(16)14(17-10)11-3-1-2-6-13-11/h1-7,15H. The largest absolute Gasteiger partial charge is 0.508 e. The summed E-state index contributed by atoms with van der Waals surface area (Å²) in [6.45, 7) is 0. The molecule has 3 rings (SSSR count). The van der Waals surface area contributed by atoms with Gasteiger partial charge in [-0.25, -0.2) is 8.94 Å². The van der Waals surface area contributed by atoms with Crippen molar-refractivity contribution in [1.82, 2.24) is 8.94 Å². The van der Waals surface area contributed by atoms with Gasteiger partial charge in [-0.2, -0.15) is 0 Å². The predicted octanol–water partition coefficient (Wildman–Crippen LogP) is 2.15. The molecule has 1 N–H and O–H groups in total. The maximum atomic E-state index is 12.1. The van der Waals surface area contributed by atoms with Gasteiger partial charge in [0.25, 0.3) is 5.56 Å². The van der Waals surface area contributed by atoms with Crippen LogP contribution in [0.15, 0.2) is 47.4 Å². The molecule has 84 valence electrons. The summed E-state index contributed by atoms with van der Waals surface area (Å²) >= 11 is 1.32. The average molecular weight is 244 g/mol. The number of pyridine rings is 1. The molecule has 5 heteroatoms. The monoisotopic (exact) mass is 244 g/mol. The number of aromatic nitrogens is 2. The second-order valence-corrected chi connectivity index (χ2v) is 4.55. The van der Waals surface area contributed by atoms with Gasteiger partial charge in [-0.15, -0.1) is 0 Å². The molecule has 0 atom stereocenters. The molecule has 2 heterocycles. The second-order valence-electron chi connectivity index (χ2n) is 3.56. The molecule has 0 fully saturated rings. The highest BCUT2D eigenvalue weighted by Crippen LogP contribution is 2.22. The van der Waals surface area contributed by atoms with Gasteiger partial charge in [0.05, 0.1) is 10.1 Å². The number of aromatic hydroxyl groups is 1. The third-order valence-corrected chi connectivity index (χ3v) is 3.51. The molecular weight excluding hydrogens is 236 g/mol. The highest BCUT2D eigenvalue weighted by Gasteiger charge is 2.09. The van der Waals surface area contributed by atoms with Crippen molar-refractivity contribution in [2.45, 2.75) is 0 Å². The van der Waals surface area contributed by atoms with E-state index in [2.05, 4.69) is 4.98 Å². The Bertz CT molecular complexity index is 731. The summed E-state index contributed by atoms with van der Waals surface area (Å²) < 4.78 is 2.35. The van der Waals surface area contributed by atoms with E-state index < -0.39 is 0 Å². The van der Waals surface area contributed by atoms with Crippen molar-refractivity contribution in [3.63, 3.8) is 0 Å². The Hall–Kier alpha value is -2.14. The summed E-state index contributed by atoms with van der Waals surface area (Å²) in [6, 6.07) is 10.2. The maximum Gasteiger partial charge on any atom is 0.274 e. The molecule has 0 saturated heterocycles. The molecule has 0 aliphatic rings. The Morgan fingerprint density at radius 1 is 1.24 bits per heavy atom. The highest BCUT2D eigenvalue weighted by molar-refractivity contribution is 7.14. The Balaban J connectivity index is 2.33. The molecule has 0 bridgehead atoms. The van der Waals surface area contributed by atoms with E-state index in [1.165, 1.54) is 21.6 Å². The molecule has 0 saturated carbocycles. The van der Waals surface area contributed by atoms with Crippen molar-refractivity contribution >= 4 is 21.6 Å². The van der Waals surface area contributed by atoms with Crippen LogP contribution >= 0.6 is 11.5 Å². The predicted molar refractivity (Wildman–Crippen MR) is 66.9 cm³/mol. The van der Waals surface area contributed by atoms with Crippen molar-refractivity contribution in [3.8, 4) is 11.6 Å². The minimum Gasteiger partial charge on any atom is -0.508 e. The van der Waals surface area contributed by atoms with E-state index in [9.17, 15) is 9.90 Å².